The summed E-state index contributed by atoms with van der Waals surface area (Å²) in [6.07, 6.45) is 3.29. The van der Waals surface area contributed by atoms with E-state index in [1.807, 2.05) is 24.3 Å². The number of hydrogen-bond acceptors (Lipinski definition) is 5. The normalized spacial score (nSPS) is 14.9. The zero-order chi connectivity index (χ0) is 20.7. The van der Waals surface area contributed by atoms with Crippen molar-refractivity contribution in [2.45, 2.75) is 19.6 Å². The lowest BCUT2D eigenvalue weighted by Gasteiger charge is -2.30. The van der Waals surface area contributed by atoms with Gasteiger partial charge in [0.25, 0.3) is 5.91 Å². The van der Waals surface area contributed by atoms with Crippen LogP contribution in [0.3, 0.4) is 0 Å². The van der Waals surface area contributed by atoms with Gasteiger partial charge in [0.05, 0.1) is 36.6 Å². The third-order valence-electron chi connectivity index (χ3n) is 5.34. The highest BCUT2D eigenvalue weighted by Gasteiger charge is 2.29. The van der Waals surface area contributed by atoms with Gasteiger partial charge in [0.1, 0.15) is 0 Å². The van der Waals surface area contributed by atoms with Gasteiger partial charge in [0.2, 0.25) is 5.91 Å². The van der Waals surface area contributed by atoms with Crippen LogP contribution in [0.2, 0.25) is 5.02 Å². The third kappa shape index (κ3) is 3.37. The molecule has 0 unspecified atom stereocenters. The molecule has 0 bridgehead atoms. The molecule has 30 heavy (non-hydrogen) atoms. The summed E-state index contributed by atoms with van der Waals surface area (Å²) < 4.78 is 0. The van der Waals surface area contributed by atoms with Gasteiger partial charge in [0, 0.05) is 24.0 Å². The molecule has 2 amide bonds. The summed E-state index contributed by atoms with van der Waals surface area (Å²) in [4.78, 5) is 37.9. The summed E-state index contributed by atoms with van der Waals surface area (Å²) in [5.74, 6) is 0.376. The van der Waals surface area contributed by atoms with Gasteiger partial charge in [-0.2, -0.15) is 0 Å². The maximum atomic E-state index is 13.1. The summed E-state index contributed by atoms with van der Waals surface area (Å²) in [5.41, 5.74) is 3.95. The van der Waals surface area contributed by atoms with Crippen LogP contribution in [-0.4, -0.2) is 33.2 Å². The number of nitrogens with zero attached hydrogens (tertiary/aromatic N) is 4. The summed E-state index contributed by atoms with van der Waals surface area (Å²) in [6.45, 7) is 1.53. The quantitative estimate of drug-likeness (QED) is 0.705. The molecule has 8 heteroatoms. The van der Waals surface area contributed by atoms with E-state index in [0.29, 0.717) is 41.7 Å². The van der Waals surface area contributed by atoms with Crippen LogP contribution in [0.15, 0.2) is 54.9 Å². The van der Waals surface area contributed by atoms with Crippen molar-refractivity contribution in [1.82, 2.24) is 14.9 Å². The van der Waals surface area contributed by atoms with Gasteiger partial charge in [-0.25, -0.2) is 4.98 Å². The molecule has 0 spiro atoms. The molecule has 2 aliphatic rings. The van der Waals surface area contributed by atoms with Gasteiger partial charge in [-0.1, -0.05) is 29.8 Å². The Morgan fingerprint density at radius 3 is 2.77 bits per heavy atom. The first-order valence-electron chi connectivity index (χ1n) is 9.59. The Balaban J connectivity index is 1.43. The van der Waals surface area contributed by atoms with E-state index in [-0.39, 0.29) is 18.4 Å². The lowest BCUT2D eigenvalue weighted by Crippen LogP contribution is -2.40. The fourth-order valence-electron chi connectivity index (χ4n) is 3.77. The Kier molecular flexibility index (Phi) is 4.59. The first kappa shape index (κ1) is 18.6. The number of halogens is 1. The number of fused-ring (bicyclic) bond motifs is 2. The second-order valence-electron chi connectivity index (χ2n) is 7.32. The Morgan fingerprint density at radius 2 is 1.97 bits per heavy atom. The minimum Gasteiger partial charge on any atom is -0.359 e. The molecule has 0 fully saturated rings. The van der Waals surface area contributed by atoms with Gasteiger partial charge in [-0.3, -0.25) is 14.6 Å². The Hall–Kier alpha value is -3.45. The van der Waals surface area contributed by atoms with Gasteiger partial charge >= 0.3 is 0 Å². The number of rotatable bonds is 3. The minimum absolute atomic E-state index is 0.0818. The Morgan fingerprint density at radius 1 is 1.13 bits per heavy atom. The zero-order valence-electron chi connectivity index (χ0n) is 16.0. The molecule has 150 valence electrons. The molecule has 0 saturated carbocycles. The van der Waals surface area contributed by atoms with Gasteiger partial charge in [-0.05, 0) is 35.4 Å². The van der Waals surface area contributed by atoms with Crippen LogP contribution in [0.4, 0.5) is 11.5 Å². The zero-order valence-corrected chi connectivity index (χ0v) is 16.8. The summed E-state index contributed by atoms with van der Waals surface area (Å²) in [6, 6.07) is 12.9. The molecule has 4 heterocycles. The maximum Gasteiger partial charge on any atom is 0.256 e. The highest BCUT2D eigenvalue weighted by molar-refractivity contribution is 6.30. The van der Waals surface area contributed by atoms with E-state index >= 15 is 0 Å². The predicted octanol–water partition coefficient (Wildman–Crippen LogP) is 3.24. The Bertz CT molecular complexity index is 1120. The van der Waals surface area contributed by atoms with E-state index < -0.39 is 0 Å². The van der Waals surface area contributed by atoms with Crippen LogP contribution in [0, 0.1) is 0 Å². The minimum atomic E-state index is -0.132. The monoisotopic (exact) mass is 419 g/mol. The van der Waals surface area contributed by atoms with E-state index in [1.54, 1.807) is 40.4 Å². The molecular formula is C22H18ClN5O2. The molecule has 3 aromatic rings. The lowest BCUT2D eigenvalue weighted by atomic mass is 10.1. The first-order valence-corrected chi connectivity index (χ1v) is 9.97. The summed E-state index contributed by atoms with van der Waals surface area (Å²) in [7, 11) is 0. The molecule has 2 aliphatic heterocycles. The van der Waals surface area contributed by atoms with Crippen molar-refractivity contribution in [2.75, 3.05) is 16.8 Å². The molecule has 0 saturated heterocycles. The highest BCUT2D eigenvalue weighted by atomic mass is 35.5. The van der Waals surface area contributed by atoms with E-state index in [1.165, 1.54) is 0 Å². The first-order chi connectivity index (χ1) is 14.6. The van der Waals surface area contributed by atoms with Crippen LogP contribution >= 0.6 is 11.6 Å². The number of carbonyl (C=O) groups excluding carboxylic acids is 2. The number of pyridine rings is 2. The van der Waals surface area contributed by atoms with Crippen molar-refractivity contribution in [3.05, 3.63) is 82.3 Å². The van der Waals surface area contributed by atoms with Crippen LogP contribution in [0.25, 0.3) is 0 Å². The molecule has 1 N–H and O–H groups in total. The smallest absolute Gasteiger partial charge is 0.256 e. The third-order valence-corrected chi connectivity index (χ3v) is 5.59. The maximum absolute atomic E-state index is 13.1. The number of nitrogens with one attached hydrogen (secondary N) is 1. The fourth-order valence-corrected chi connectivity index (χ4v) is 3.90. The summed E-state index contributed by atoms with van der Waals surface area (Å²) in [5, 5.41) is 3.67. The van der Waals surface area contributed by atoms with E-state index in [0.717, 1.165) is 16.8 Å². The number of anilines is 2. The largest absolute Gasteiger partial charge is 0.359 e. The van der Waals surface area contributed by atoms with Crippen molar-refractivity contribution >= 4 is 34.9 Å². The van der Waals surface area contributed by atoms with E-state index in [2.05, 4.69) is 15.3 Å². The van der Waals surface area contributed by atoms with Gasteiger partial charge in [-0.15, -0.1) is 0 Å². The SMILES string of the molecule is O=C(c1cnc2c(c1)N(Cc1ccc(Cl)cc1)C(=O)CN2)N1Cc2cccnc2C1. The van der Waals surface area contributed by atoms with Crippen molar-refractivity contribution in [2.24, 2.45) is 0 Å². The van der Waals surface area contributed by atoms with Gasteiger partial charge in [0.15, 0.2) is 5.82 Å². The van der Waals surface area contributed by atoms with Crippen LogP contribution in [0.5, 0.6) is 0 Å². The molecule has 7 nitrogen and oxygen atoms in total. The molecule has 1 aromatic carbocycles. The number of aromatic nitrogens is 2. The molecule has 5 rings (SSSR count). The second-order valence-corrected chi connectivity index (χ2v) is 7.76. The molecule has 0 aliphatic carbocycles. The second kappa shape index (κ2) is 7.42. The van der Waals surface area contributed by atoms with Crippen molar-refractivity contribution in [1.29, 1.82) is 0 Å². The topological polar surface area (TPSA) is 78.4 Å². The van der Waals surface area contributed by atoms with Crippen molar-refractivity contribution in [3.63, 3.8) is 0 Å². The standard InChI is InChI=1S/C22H18ClN5O2/c23-17-5-3-14(4-6-17)11-28-19-8-16(9-25-21(19)26-10-20(28)29)22(30)27-12-15-2-1-7-24-18(15)13-27/h1-9H,10-13H2,(H,25,26). The molecule has 0 radical (unpaired) electrons. The van der Waals surface area contributed by atoms with E-state index in [4.69, 9.17) is 11.6 Å². The van der Waals surface area contributed by atoms with Crippen LogP contribution in [-0.2, 0) is 24.4 Å². The predicted molar refractivity (Wildman–Crippen MR) is 113 cm³/mol. The molecule has 2 aromatic heterocycles. The van der Waals surface area contributed by atoms with E-state index in [9.17, 15) is 9.59 Å². The van der Waals surface area contributed by atoms with Gasteiger partial charge < -0.3 is 15.1 Å². The number of carbonyl (C=O) groups is 2. The molecule has 0 atom stereocenters. The number of benzene rings is 1. The number of hydrogen-bond donors (Lipinski definition) is 1. The van der Waals surface area contributed by atoms with Crippen molar-refractivity contribution in [3.8, 4) is 0 Å². The van der Waals surface area contributed by atoms with Crippen LogP contribution in [0.1, 0.15) is 27.2 Å². The average Bonchev–Trinajstić information content (AvgIpc) is 3.20. The fraction of sp³-hybridized carbons (Fsp3) is 0.182. The average molecular weight is 420 g/mol. The van der Waals surface area contributed by atoms with Crippen LogP contribution < -0.4 is 10.2 Å². The molecular weight excluding hydrogens is 402 g/mol. The lowest BCUT2D eigenvalue weighted by molar-refractivity contribution is -0.117. The summed E-state index contributed by atoms with van der Waals surface area (Å²) >= 11 is 5.97. The highest BCUT2D eigenvalue weighted by Crippen LogP contribution is 2.31. The van der Waals surface area contributed by atoms with Crippen molar-refractivity contribution < 1.29 is 9.59 Å². The Labute approximate surface area is 178 Å². The number of amides is 2.